The fraction of sp³-hybridized carbons (Fsp3) is 0.375. The van der Waals surface area contributed by atoms with Crippen LogP contribution in [0.25, 0.3) is 5.69 Å². The number of hydrogen-bond donors (Lipinski definition) is 0. The van der Waals surface area contributed by atoms with E-state index in [9.17, 15) is 14.9 Å². The minimum atomic E-state index is -0.835. The first-order valence-electron chi connectivity index (χ1n) is 7.40. The smallest absolute Gasteiger partial charge is 0.319 e. The van der Waals surface area contributed by atoms with Crippen molar-refractivity contribution in [3.05, 3.63) is 46.1 Å². The van der Waals surface area contributed by atoms with E-state index in [-0.39, 0.29) is 17.4 Å². The van der Waals surface area contributed by atoms with Crippen LogP contribution < -0.4 is 4.74 Å². The molecule has 0 fully saturated rings. The maximum absolute atomic E-state index is 12.3. The number of carbonyl (C=O) groups excluding carboxylic acids is 1. The number of non-ortho nitro benzene ring substituents is 1. The summed E-state index contributed by atoms with van der Waals surface area (Å²) in [7, 11) is 0. The third kappa shape index (κ3) is 3.73. The minimum absolute atomic E-state index is 0.0246. The molecule has 0 saturated heterocycles. The summed E-state index contributed by atoms with van der Waals surface area (Å²) in [5, 5.41) is 15.1. The van der Waals surface area contributed by atoms with Gasteiger partial charge in [-0.15, -0.1) is 11.6 Å². The van der Waals surface area contributed by atoms with Crippen LogP contribution in [0.4, 0.5) is 5.69 Å². The normalized spacial score (nSPS) is 11.3. The SMILES string of the molecule is CCc1cc(OC(=O)C(C)(C)CCl)n(-c2ccc([N+](=O)[O-])cc2)n1. The fourth-order valence-corrected chi connectivity index (χ4v) is 1.95. The number of rotatable bonds is 6. The molecule has 128 valence electrons. The predicted octanol–water partition coefficient (Wildman–Crippen LogP) is 3.51. The lowest BCUT2D eigenvalue weighted by atomic mass is 9.97. The van der Waals surface area contributed by atoms with Crippen LogP contribution in [0.1, 0.15) is 26.5 Å². The quantitative estimate of drug-likeness (QED) is 0.344. The Balaban J connectivity index is 2.38. The summed E-state index contributed by atoms with van der Waals surface area (Å²) in [5.74, 6) is -0.0925. The molecule has 2 rings (SSSR count). The van der Waals surface area contributed by atoms with E-state index in [1.807, 2.05) is 6.92 Å². The molecule has 0 bridgehead atoms. The highest BCUT2D eigenvalue weighted by atomic mass is 35.5. The maximum atomic E-state index is 12.3. The van der Waals surface area contributed by atoms with E-state index in [0.29, 0.717) is 12.1 Å². The lowest BCUT2D eigenvalue weighted by Crippen LogP contribution is -2.31. The Morgan fingerprint density at radius 1 is 1.38 bits per heavy atom. The first-order chi connectivity index (χ1) is 11.3. The van der Waals surface area contributed by atoms with Gasteiger partial charge in [-0.25, -0.2) is 4.68 Å². The Hall–Kier alpha value is -2.41. The predicted molar refractivity (Wildman–Crippen MR) is 89.7 cm³/mol. The molecule has 1 aromatic heterocycles. The largest absolute Gasteiger partial charge is 0.407 e. The lowest BCUT2D eigenvalue weighted by molar-refractivity contribution is -0.384. The molecule has 0 N–H and O–H groups in total. The van der Waals surface area contributed by atoms with Crippen molar-refractivity contribution in [1.82, 2.24) is 9.78 Å². The third-order valence-corrected chi connectivity index (χ3v) is 4.15. The second-order valence-electron chi connectivity index (χ2n) is 5.92. The van der Waals surface area contributed by atoms with Crippen LogP contribution in [-0.2, 0) is 11.2 Å². The van der Waals surface area contributed by atoms with Crippen LogP contribution in [0.5, 0.6) is 5.88 Å². The van der Waals surface area contributed by atoms with Gasteiger partial charge in [0.25, 0.3) is 5.69 Å². The van der Waals surface area contributed by atoms with Crippen molar-refractivity contribution in [1.29, 1.82) is 0 Å². The highest BCUT2D eigenvalue weighted by Gasteiger charge is 2.30. The second kappa shape index (κ2) is 7.00. The Labute approximate surface area is 144 Å². The zero-order chi connectivity index (χ0) is 17.9. The molecule has 1 aromatic carbocycles. The number of hydrogen-bond acceptors (Lipinski definition) is 5. The van der Waals surface area contributed by atoms with E-state index in [4.69, 9.17) is 16.3 Å². The van der Waals surface area contributed by atoms with Gasteiger partial charge in [-0.1, -0.05) is 6.92 Å². The molecular formula is C16H18ClN3O4. The summed E-state index contributed by atoms with van der Waals surface area (Å²) >= 11 is 5.80. The number of nitro benzene ring substituents is 1. The molecule has 0 atom stereocenters. The number of carbonyl (C=O) groups is 1. The Kier molecular flexibility index (Phi) is 5.23. The Morgan fingerprint density at radius 2 is 2.00 bits per heavy atom. The number of aromatic nitrogens is 2. The molecule has 8 heteroatoms. The van der Waals surface area contributed by atoms with Crippen molar-refractivity contribution in [3.63, 3.8) is 0 Å². The van der Waals surface area contributed by atoms with Crippen molar-refractivity contribution in [3.8, 4) is 11.6 Å². The first kappa shape index (κ1) is 17.9. The number of nitro groups is 1. The summed E-state index contributed by atoms with van der Waals surface area (Å²) in [6.07, 6.45) is 0.656. The Morgan fingerprint density at radius 3 is 2.50 bits per heavy atom. The molecule has 0 saturated carbocycles. The number of benzene rings is 1. The van der Waals surface area contributed by atoms with Gasteiger partial charge < -0.3 is 4.74 Å². The summed E-state index contributed by atoms with van der Waals surface area (Å²) in [5.41, 5.74) is 0.438. The average Bonchev–Trinajstić information content (AvgIpc) is 2.97. The van der Waals surface area contributed by atoms with E-state index < -0.39 is 16.3 Å². The summed E-state index contributed by atoms with van der Waals surface area (Å²) in [6.45, 7) is 5.31. The molecule has 1 heterocycles. The summed E-state index contributed by atoms with van der Waals surface area (Å²) in [6, 6.07) is 7.51. The monoisotopic (exact) mass is 351 g/mol. The molecule has 0 unspecified atom stereocenters. The van der Waals surface area contributed by atoms with Crippen molar-refractivity contribution in [2.75, 3.05) is 5.88 Å². The molecule has 0 aliphatic heterocycles. The number of alkyl halides is 1. The summed E-state index contributed by atoms with van der Waals surface area (Å²) in [4.78, 5) is 22.5. The van der Waals surface area contributed by atoms with E-state index in [1.54, 1.807) is 32.0 Å². The lowest BCUT2D eigenvalue weighted by Gasteiger charge is -2.19. The van der Waals surface area contributed by atoms with Crippen molar-refractivity contribution in [2.24, 2.45) is 5.41 Å². The second-order valence-corrected chi connectivity index (χ2v) is 6.19. The highest BCUT2D eigenvalue weighted by Crippen LogP contribution is 2.26. The maximum Gasteiger partial charge on any atom is 0.319 e. The molecule has 2 aromatic rings. The number of ether oxygens (including phenoxy) is 1. The zero-order valence-electron chi connectivity index (χ0n) is 13.7. The van der Waals surface area contributed by atoms with Crippen molar-refractivity contribution in [2.45, 2.75) is 27.2 Å². The van der Waals surface area contributed by atoms with Crippen LogP contribution in [0.15, 0.2) is 30.3 Å². The van der Waals surface area contributed by atoms with E-state index in [1.165, 1.54) is 16.8 Å². The fourth-order valence-electron chi connectivity index (χ4n) is 1.84. The van der Waals surface area contributed by atoms with Gasteiger partial charge >= 0.3 is 5.97 Å². The Bertz CT molecular complexity index is 753. The molecule has 0 aliphatic carbocycles. The molecule has 0 spiro atoms. The number of nitrogens with zero attached hydrogens (tertiary/aromatic N) is 3. The average molecular weight is 352 g/mol. The highest BCUT2D eigenvalue weighted by molar-refractivity contribution is 6.19. The van der Waals surface area contributed by atoms with Gasteiger partial charge in [0.1, 0.15) is 0 Å². The van der Waals surface area contributed by atoms with Gasteiger partial charge in [0.2, 0.25) is 5.88 Å². The molecule has 0 radical (unpaired) electrons. The van der Waals surface area contributed by atoms with Gasteiger partial charge in [-0.05, 0) is 32.4 Å². The first-order valence-corrected chi connectivity index (χ1v) is 7.94. The van der Waals surface area contributed by atoms with Gasteiger partial charge in [-0.3, -0.25) is 14.9 Å². The van der Waals surface area contributed by atoms with E-state index >= 15 is 0 Å². The van der Waals surface area contributed by atoms with Gasteiger partial charge in [0.05, 0.1) is 21.7 Å². The number of esters is 1. The van der Waals surface area contributed by atoms with E-state index in [2.05, 4.69) is 5.10 Å². The van der Waals surface area contributed by atoms with E-state index in [0.717, 1.165) is 5.69 Å². The van der Waals surface area contributed by atoms with Crippen molar-refractivity contribution < 1.29 is 14.5 Å². The van der Waals surface area contributed by atoms with Crippen molar-refractivity contribution >= 4 is 23.3 Å². The standard InChI is InChI=1S/C16H18ClN3O4/c1-4-11-9-14(24-15(21)16(2,3)10-17)19(18-11)12-5-7-13(8-6-12)20(22)23/h5-9H,4,10H2,1-3H3. The summed E-state index contributed by atoms with van der Waals surface area (Å²) < 4.78 is 6.91. The van der Waals surface area contributed by atoms with Crippen LogP contribution in [0.3, 0.4) is 0 Å². The number of aryl methyl sites for hydroxylation is 1. The minimum Gasteiger partial charge on any atom is -0.407 e. The molecule has 24 heavy (non-hydrogen) atoms. The van der Waals surface area contributed by atoms with Gasteiger partial charge in [-0.2, -0.15) is 5.10 Å². The number of halogens is 1. The van der Waals surface area contributed by atoms with Crippen LogP contribution in [0, 0.1) is 15.5 Å². The zero-order valence-corrected chi connectivity index (χ0v) is 14.4. The van der Waals surface area contributed by atoms with Gasteiger partial charge in [0.15, 0.2) is 0 Å². The van der Waals surface area contributed by atoms with Crippen LogP contribution in [0.2, 0.25) is 0 Å². The third-order valence-electron chi connectivity index (χ3n) is 3.48. The molecule has 0 aliphatic rings. The molecule has 0 amide bonds. The topological polar surface area (TPSA) is 87.3 Å². The molecule has 7 nitrogen and oxygen atoms in total. The van der Waals surface area contributed by atoms with Gasteiger partial charge in [0, 0.05) is 24.1 Å². The molecular weight excluding hydrogens is 334 g/mol. The van der Waals surface area contributed by atoms with Crippen LogP contribution >= 0.6 is 11.6 Å². The van der Waals surface area contributed by atoms with Crippen LogP contribution in [-0.4, -0.2) is 26.6 Å².